The van der Waals surface area contributed by atoms with Crippen molar-refractivity contribution >= 4 is 0 Å². The summed E-state index contributed by atoms with van der Waals surface area (Å²) in [5.41, 5.74) is 2.71. The molecule has 0 aliphatic carbocycles. The molecule has 0 saturated carbocycles. The summed E-state index contributed by atoms with van der Waals surface area (Å²) in [5.74, 6) is -0.0670. The van der Waals surface area contributed by atoms with Gasteiger partial charge in [0.05, 0.1) is 11.4 Å². The Balaban J connectivity index is 2.02. The van der Waals surface area contributed by atoms with E-state index in [4.69, 9.17) is 4.74 Å². The molecule has 2 rings (SSSR count). The van der Waals surface area contributed by atoms with Crippen molar-refractivity contribution in [1.82, 2.24) is 9.88 Å². The van der Waals surface area contributed by atoms with Crippen LogP contribution >= 0.6 is 0 Å². The minimum atomic E-state index is -0.333. The first-order chi connectivity index (χ1) is 11.5. The molecule has 0 amide bonds. The van der Waals surface area contributed by atoms with Gasteiger partial charge in [-0.25, -0.2) is 4.39 Å². The van der Waals surface area contributed by atoms with Gasteiger partial charge in [-0.2, -0.15) is 0 Å². The standard InChI is InChI=1S/C20H27FN2O/c1-5-16(4)23(6-2)13-17-8-7-9-18(22-17)14-24-20-11-10-15(3)12-19(20)21/h7-12,16H,5-6,13-14H2,1-4H3. The highest BCUT2D eigenvalue weighted by atomic mass is 19.1. The number of aryl methyl sites for hydroxylation is 1. The Kier molecular flexibility index (Phi) is 6.73. The number of hydrogen-bond donors (Lipinski definition) is 0. The summed E-state index contributed by atoms with van der Waals surface area (Å²) in [7, 11) is 0. The lowest BCUT2D eigenvalue weighted by atomic mass is 10.2. The number of halogens is 1. The summed E-state index contributed by atoms with van der Waals surface area (Å²) < 4.78 is 19.4. The van der Waals surface area contributed by atoms with Crippen LogP contribution in [-0.2, 0) is 13.2 Å². The van der Waals surface area contributed by atoms with E-state index in [1.807, 2.05) is 31.2 Å². The molecule has 0 bridgehead atoms. The Bertz CT molecular complexity index is 660. The molecule has 1 heterocycles. The predicted octanol–water partition coefficient (Wildman–Crippen LogP) is 4.73. The van der Waals surface area contributed by atoms with Crippen molar-refractivity contribution < 1.29 is 9.13 Å². The molecule has 1 aromatic heterocycles. The lowest BCUT2D eigenvalue weighted by Gasteiger charge is -2.26. The van der Waals surface area contributed by atoms with Crippen molar-refractivity contribution in [2.75, 3.05) is 6.54 Å². The number of pyridine rings is 1. The summed E-state index contributed by atoms with van der Waals surface area (Å²) in [5, 5.41) is 0. The monoisotopic (exact) mass is 330 g/mol. The first kappa shape index (κ1) is 18.4. The highest BCUT2D eigenvalue weighted by Crippen LogP contribution is 2.19. The Morgan fingerprint density at radius 2 is 1.92 bits per heavy atom. The minimum absolute atomic E-state index is 0.266. The van der Waals surface area contributed by atoms with Crippen LogP contribution in [0.4, 0.5) is 4.39 Å². The summed E-state index contributed by atoms with van der Waals surface area (Å²) in [4.78, 5) is 7.05. The van der Waals surface area contributed by atoms with E-state index >= 15 is 0 Å². The Hall–Kier alpha value is -1.94. The molecule has 130 valence electrons. The Labute approximate surface area is 144 Å². The molecule has 0 aliphatic rings. The van der Waals surface area contributed by atoms with Gasteiger partial charge in [0.15, 0.2) is 11.6 Å². The summed E-state index contributed by atoms with van der Waals surface area (Å²) >= 11 is 0. The third-order valence-electron chi connectivity index (χ3n) is 4.31. The number of hydrogen-bond acceptors (Lipinski definition) is 3. The molecule has 0 radical (unpaired) electrons. The smallest absolute Gasteiger partial charge is 0.165 e. The van der Waals surface area contributed by atoms with Gasteiger partial charge >= 0.3 is 0 Å². The van der Waals surface area contributed by atoms with Gasteiger partial charge in [-0.05, 0) is 56.6 Å². The van der Waals surface area contributed by atoms with E-state index in [0.717, 1.165) is 36.5 Å². The molecule has 1 aromatic carbocycles. The van der Waals surface area contributed by atoms with Gasteiger partial charge in [-0.1, -0.05) is 26.0 Å². The van der Waals surface area contributed by atoms with E-state index in [2.05, 4.69) is 30.7 Å². The van der Waals surface area contributed by atoms with E-state index in [-0.39, 0.29) is 18.2 Å². The first-order valence-corrected chi connectivity index (χ1v) is 8.61. The molecular formula is C20H27FN2O. The average molecular weight is 330 g/mol. The number of aromatic nitrogens is 1. The van der Waals surface area contributed by atoms with Gasteiger partial charge in [0, 0.05) is 12.6 Å². The number of nitrogens with zero attached hydrogens (tertiary/aromatic N) is 2. The van der Waals surface area contributed by atoms with Crippen LogP contribution in [0.5, 0.6) is 5.75 Å². The molecule has 1 unspecified atom stereocenters. The van der Waals surface area contributed by atoms with Gasteiger partial charge in [-0.15, -0.1) is 0 Å². The van der Waals surface area contributed by atoms with Crippen LogP contribution in [0, 0.1) is 12.7 Å². The second-order valence-electron chi connectivity index (χ2n) is 6.16. The Morgan fingerprint density at radius 1 is 1.17 bits per heavy atom. The largest absolute Gasteiger partial charge is 0.484 e. The SMILES string of the molecule is CCC(C)N(CC)Cc1cccc(COc2ccc(C)cc2F)n1. The summed E-state index contributed by atoms with van der Waals surface area (Å²) in [6.45, 7) is 10.5. The number of ether oxygens (including phenoxy) is 1. The summed E-state index contributed by atoms with van der Waals surface area (Å²) in [6, 6.07) is 11.4. The molecule has 0 fully saturated rings. The second kappa shape index (κ2) is 8.78. The van der Waals surface area contributed by atoms with Crippen LogP contribution in [-0.4, -0.2) is 22.5 Å². The van der Waals surface area contributed by atoms with Crippen molar-refractivity contribution in [1.29, 1.82) is 0 Å². The van der Waals surface area contributed by atoms with E-state index < -0.39 is 0 Å². The van der Waals surface area contributed by atoms with Gasteiger partial charge in [0.25, 0.3) is 0 Å². The van der Waals surface area contributed by atoms with Crippen LogP contribution in [0.1, 0.15) is 44.1 Å². The maximum Gasteiger partial charge on any atom is 0.165 e. The van der Waals surface area contributed by atoms with E-state index in [0.29, 0.717) is 6.04 Å². The molecular weight excluding hydrogens is 303 g/mol. The fourth-order valence-corrected chi connectivity index (χ4v) is 2.62. The first-order valence-electron chi connectivity index (χ1n) is 8.61. The maximum atomic E-state index is 13.8. The van der Waals surface area contributed by atoms with Crippen LogP contribution in [0.3, 0.4) is 0 Å². The zero-order chi connectivity index (χ0) is 17.5. The summed E-state index contributed by atoms with van der Waals surface area (Å²) in [6.07, 6.45) is 1.11. The Morgan fingerprint density at radius 3 is 2.58 bits per heavy atom. The fraction of sp³-hybridized carbons (Fsp3) is 0.450. The topological polar surface area (TPSA) is 25.4 Å². The molecule has 2 aromatic rings. The fourth-order valence-electron chi connectivity index (χ4n) is 2.62. The quantitative estimate of drug-likeness (QED) is 0.700. The van der Waals surface area contributed by atoms with Crippen molar-refractivity contribution in [2.24, 2.45) is 0 Å². The van der Waals surface area contributed by atoms with Crippen LogP contribution in [0.25, 0.3) is 0 Å². The number of rotatable bonds is 8. The molecule has 0 spiro atoms. The van der Waals surface area contributed by atoms with Crippen LogP contribution < -0.4 is 4.74 Å². The van der Waals surface area contributed by atoms with Crippen LogP contribution in [0.2, 0.25) is 0 Å². The molecule has 24 heavy (non-hydrogen) atoms. The lowest BCUT2D eigenvalue weighted by molar-refractivity contribution is 0.203. The molecule has 0 N–H and O–H groups in total. The molecule has 0 aliphatic heterocycles. The zero-order valence-corrected chi connectivity index (χ0v) is 15.1. The van der Waals surface area contributed by atoms with Crippen molar-refractivity contribution in [3.63, 3.8) is 0 Å². The molecule has 0 saturated heterocycles. The second-order valence-corrected chi connectivity index (χ2v) is 6.16. The van der Waals surface area contributed by atoms with Crippen molar-refractivity contribution in [2.45, 2.75) is 53.3 Å². The lowest BCUT2D eigenvalue weighted by Crippen LogP contribution is -2.32. The normalized spacial score (nSPS) is 12.4. The van der Waals surface area contributed by atoms with E-state index in [1.165, 1.54) is 6.07 Å². The minimum Gasteiger partial charge on any atom is -0.484 e. The van der Waals surface area contributed by atoms with Gasteiger partial charge in [-0.3, -0.25) is 9.88 Å². The van der Waals surface area contributed by atoms with Gasteiger partial charge in [0.1, 0.15) is 6.61 Å². The van der Waals surface area contributed by atoms with E-state index in [1.54, 1.807) is 6.07 Å². The van der Waals surface area contributed by atoms with Crippen molar-refractivity contribution in [3.05, 3.63) is 59.2 Å². The molecule has 3 nitrogen and oxygen atoms in total. The number of benzene rings is 1. The maximum absolute atomic E-state index is 13.8. The predicted molar refractivity (Wildman–Crippen MR) is 95.5 cm³/mol. The average Bonchev–Trinajstić information content (AvgIpc) is 2.58. The third-order valence-corrected chi connectivity index (χ3v) is 4.31. The third kappa shape index (κ3) is 5.03. The highest BCUT2D eigenvalue weighted by Gasteiger charge is 2.11. The molecule has 4 heteroatoms. The van der Waals surface area contributed by atoms with Crippen LogP contribution in [0.15, 0.2) is 36.4 Å². The van der Waals surface area contributed by atoms with E-state index in [9.17, 15) is 4.39 Å². The zero-order valence-electron chi connectivity index (χ0n) is 15.1. The van der Waals surface area contributed by atoms with Crippen molar-refractivity contribution in [3.8, 4) is 5.75 Å². The molecule has 1 atom stereocenters. The highest BCUT2D eigenvalue weighted by molar-refractivity contribution is 5.28. The van der Waals surface area contributed by atoms with Gasteiger partial charge in [0.2, 0.25) is 0 Å². The van der Waals surface area contributed by atoms with Gasteiger partial charge < -0.3 is 4.74 Å².